The fourth-order valence-electron chi connectivity index (χ4n) is 9.45. The number of aromatic amines is 2. The van der Waals surface area contributed by atoms with Gasteiger partial charge in [0.05, 0.1) is 33.5 Å². The number of nitrogens with one attached hydrogen (secondary N) is 3. The fourth-order valence-corrected chi connectivity index (χ4v) is 12.3. The monoisotopic (exact) mass is 934 g/mol. The lowest BCUT2D eigenvalue weighted by molar-refractivity contribution is -0.0196. The average Bonchev–Trinajstić information content (AvgIpc) is 3.66. The van der Waals surface area contributed by atoms with E-state index in [4.69, 9.17) is 10.8 Å². The van der Waals surface area contributed by atoms with Crippen molar-refractivity contribution >= 4 is 88.0 Å². The number of aromatic nitrogens is 6. The molecule has 1 amide bonds. The van der Waals surface area contributed by atoms with E-state index in [9.17, 15) is 19.2 Å². The molecule has 0 saturated heterocycles. The summed E-state index contributed by atoms with van der Waals surface area (Å²) in [5, 5.41) is 29.0. The van der Waals surface area contributed by atoms with Gasteiger partial charge in [-0.15, -0.1) is 11.3 Å². The Morgan fingerprint density at radius 2 is 1.14 bits per heavy atom. The Labute approximate surface area is 351 Å². The van der Waals surface area contributed by atoms with Crippen LogP contribution in [0, 0.1) is 24.7 Å². The van der Waals surface area contributed by atoms with Crippen LogP contribution in [0.1, 0.15) is 105 Å². The summed E-state index contributed by atoms with van der Waals surface area (Å²) in [5.74, 6) is -0.0854. The third-order valence-corrected chi connectivity index (χ3v) is 15.2. The van der Waals surface area contributed by atoms with Crippen LogP contribution in [0.2, 0.25) is 0 Å². The molecule has 0 bridgehead atoms. The lowest BCUT2D eigenvalue weighted by Crippen LogP contribution is -2.55. The molecule has 2 spiro atoms. The molecule has 2 aromatic carbocycles. The molecule has 10 rings (SSSR count). The van der Waals surface area contributed by atoms with Crippen molar-refractivity contribution in [2.24, 2.45) is 16.6 Å². The van der Waals surface area contributed by atoms with E-state index in [2.05, 4.69) is 67.5 Å². The second-order valence-corrected chi connectivity index (χ2v) is 20.5. The van der Waals surface area contributed by atoms with Gasteiger partial charge in [0.2, 0.25) is 0 Å². The van der Waals surface area contributed by atoms with E-state index < -0.39 is 5.97 Å². The van der Waals surface area contributed by atoms with Crippen LogP contribution >= 0.6 is 54.5 Å². The van der Waals surface area contributed by atoms with E-state index in [1.807, 2.05) is 55.5 Å². The Bertz CT molecular complexity index is 2630. The molecule has 0 aliphatic heterocycles. The number of hydrogen-bond acceptors (Lipinski definition) is 11. The van der Waals surface area contributed by atoms with Gasteiger partial charge in [-0.25, -0.2) is 25.0 Å². The number of rotatable bonds is 5. The molecule has 13 nitrogen and oxygen atoms in total. The molecule has 0 atom stereocenters. The number of carboxylic acid groups (broad SMARTS) is 1. The highest BCUT2D eigenvalue weighted by molar-refractivity contribution is 9.11. The number of nitrogens with two attached hydrogens (primary N) is 1. The third-order valence-electron chi connectivity index (χ3n) is 12.0. The van der Waals surface area contributed by atoms with Crippen molar-refractivity contribution in [1.82, 2.24) is 35.7 Å². The standard InChI is InChI=1S/C20H19BrN4O2S.C15H17N3O.C5H4BrNO2S/c1-10-16(28-19(21)22-10)18(27)23-12-8-20(9-12)6-11(7-20)15-13-4-2-3-5-14(13)17(26)25-24-15;16-10-7-15(8-10)5-9(6-15)13-11-3-1-2-4-12(11)14(19)18-17-13;1-2-3(4(8)9)10-5(6)7-2/h2-5,11-12H,6-9H2,1H3,(H,23,27)(H,25,26);1-4,9-10H,5-8,16H2,(H,18,19);1H3,(H,8,9). The maximum absolute atomic E-state index is 12.5. The molecule has 4 aromatic heterocycles. The summed E-state index contributed by atoms with van der Waals surface area (Å²) in [6.45, 7) is 3.53. The van der Waals surface area contributed by atoms with Crippen molar-refractivity contribution in [3.8, 4) is 0 Å². The Kier molecular flexibility index (Phi) is 10.8. The predicted molar refractivity (Wildman–Crippen MR) is 227 cm³/mol. The Balaban J connectivity index is 0.000000135. The highest BCUT2D eigenvalue weighted by Crippen LogP contribution is 2.63. The number of carbonyl (C=O) groups is 2. The maximum Gasteiger partial charge on any atom is 0.347 e. The number of benzene rings is 2. The fraction of sp³-hybridized carbons (Fsp3) is 0.400. The van der Waals surface area contributed by atoms with Crippen molar-refractivity contribution in [3.05, 3.63) is 110 Å². The third kappa shape index (κ3) is 7.88. The van der Waals surface area contributed by atoms with Crippen LogP contribution in [0.5, 0.6) is 0 Å². The zero-order valence-electron chi connectivity index (χ0n) is 31.1. The topological polar surface area (TPSA) is 210 Å². The van der Waals surface area contributed by atoms with Crippen LogP contribution in [-0.4, -0.2) is 59.4 Å². The van der Waals surface area contributed by atoms with Gasteiger partial charge in [-0.1, -0.05) is 47.7 Å². The van der Waals surface area contributed by atoms with Crippen LogP contribution in [0.3, 0.4) is 0 Å². The Morgan fingerprint density at radius 1 is 0.719 bits per heavy atom. The number of thiazole rings is 2. The Morgan fingerprint density at radius 3 is 1.53 bits per heavy atom. The molecule has 4 aliphatic rings. The minimum absolute atomic E-state index is 0.0234. The minimum atomic E-state index is -0.916. The summed E-state index contributed by atoms with van der Waals surface area (Å²) in [6.07, 6.45) is 8.80. The molecule has 57 heavy (non-hydrogen) atoms. The quantitative estimate of drug-likeness (QED) is 0.114. The first kappa shape index (κ1) is 39.7. The van der Waals surface area contributed by atoms with Gasteiger partial charge in [-0.05, 0) is 120 Å². The molecule has 4 aliphatic carbocycles. The smallest absolute Gasteiger partial charge is 0.347 e. The van der Waals surface area contributed by atoms with Gasteiger partial charge in [0, 0.05) is 34.7 Å². The average molecular weight is 937 g/mol. The molecule has 4 heterocycles. The molecule has 6 aromatic rings. The van der Waals surface area contributed by atoms with Gasteiger partial charge < -0.3 is 16.2 Å². The minimum Gasteiger partial charge on any atom is -0.477 e. The zero-order chi connectivity index (χ0) is 40.2. The number of carboxylic acids is 1. The van der Waals surface area contributed by atoms with Gasteiger partial charge in [0.15, 0.2) is 7.83 Å². The summed E-state index contributed by atoms with van der Waals surface area (Å²) < 4.78 is 1.35. The van der Waals surface area contributed by atoms with Gasteiger partial charge in [0.25, 0.3) is 17.0 Å². The van der Waals surface area contributed by atoms with Crippen molar-refractivity contribution in [2.45, 2.75) is 89.1 Å². The highest BCUT2D eigenvalue weighted by atomic mass is 79.9. The number of halogens is 2. The van der Waals surface area contributed by atoms with Crippen molar-refractivity contribution < 1.29 is 14.7 Å². The molecule has 0 unspecified atom stereocenters. The summed E-state index contributed by atoms with van der Waals surface area (Å²) in [6, 6.07) is 16.0. The molecule has 0 radical (unpaired) electrons. The molecule has 17 heteroatoms. The van der Waals surface area contributed by atoms with Crippen LogP contribution in [0.25, 0.3) is 21.5 Å². The highest BCUT2D eigenvalue weighted by Gasteiger charge is 2.54. The molecular weight excluding hydrogens is 896 g/mol. The number of nitrogens with zero attached hydrogens (tertiary/aromatic N) is 4. The summed E-state index contributed by atoms with van der Waals surface area (Å²) in [4.78, 5) is 55.7. The van der Waals surface area contributed by atoms with Gasteiger partial charge >= 0.3 is 5.97 Å². The largest absolute Gasteiger partial charge is 0.477 e. The molecule has 4 fully saturated rings. The first-order valence-electron chi connectivity index (χ1n) is 18.7. The van der Waals surface area contributed by atoms with Crippen LogP contribution in [-0.2, 0) is 0 Å². The lowest BCUT2D eigenvalue weighted by Gasteiger charge is -2.57. The summed E-state index contributed by atoms with van der Waals surface area (Å²) in [7, 11) is 0. The number of fused-ring (bicyclic) bond motifs is 2. The van der Waals surface area contributed by atoms with Crippen LogP contribution < -0.4 is 22.2 Å². The molecule has 6 N–H and O–H groups in total. The van der Waals surface area contributed by atoms with Crippen molar-refractivity contribution in [2.75, 3.05) is 0 Å². The van der Waals surface area contributed by atoms with Crippen molar-refractivity contribution in [1.29, 1.82) is 0 Å². The number of hydrogen-bond donors (Lipinski definition) is 5. The zero-order valence-corrected chi connectivity index (χ0v) is 35.9. The second kappa shape index (κ2) is 15.5. The molecule has 296 valence electrons. The van der Waals surface area contributed by atoms with Gasteiger partial charge in [-0.3, -0.25) is 14.4 Å². The van der Waals surface area contributed by atoms with Crippen molar-refractivity contribution in [3.63, 3.8) is 0 Å². The number of H-pyrrole nitrogens is 2. The summed E-state index contributed by atoms with van der Waals surface area (Å²) >= 11 is 8.94. The van der Waals surface area contributed by atoms with E-state index in [1.54, 1.807) is 6.92 Å². The first-order chi connectivity index (χ1) is 27.2. The number of aromatic carboxylic acids is 1. The Hall–Kier alpha value is -4.16. The van der Waals surface area contributed by atoms with Gasteiger partial charge in [0.1, 0.15) is 9.75 Å². The van der Waals surface area contributed by atoms with Crippen LogP contribution in [0.15, 0.2) is 66.0 Å². The van der Waals surface area contributed by atoms with E-state index >= 15 is 0 Å². The molecular formula is C40H40Br2N8O5S2. The maximum atomic E-state index is 12.5. The van der Waals surface area contributed by atoms with Crippen LogP contribution in [0.4, 0.5) is 0 Å². The number of carbonyl (C=O) groups excluding carboxylic acids is 1. The van der Waals surface area contributed by atoms with E-state index in [1.165, 1.54) is 24.2 Å². The second-order valence-electron chi connectivity index (χ2n) is 16.0. The van der Waals surface area contributed by atoms with E-state index in [0.717, 1.165) is 87.0 Å². The number of amides is 1. The molecule has 4 saturated carbocycles. The summed E-state index contributed by atoms with van der Waals surface area (Å²) in [5.41, 5.74) is 9.84. The first-order valence-corrected chi connectivity index (χ1v) is 21.9. The van der Waals surface area contributed by atoms with Gasteiger partial charge in [-0.2, -0.15) is 10.2 Å². The SMILES string of the molecule is Cc1nc(Br)sc1C(=O)NC1CC2(C1)CC(c1n[nH]c(=O)c3ccccc13)C2.Cc1nc(Br)sc1C(=O)O.NC1CC2(C1)CC(c1n[nH]c(=O)c3ccccc13)C2. The van der Waals surface area contributed by atoms with E-state index in [-0.39, 0.29) is 23.1 Å². The normalized spacial score (nSPS) is 25.6. The van der Waals surface area contributed by atoms with E-state index in [0.29, 0.717) is 53.5 Å². The number of aryl methyl sites for hydroxylation is 2. The predicted octanol–water partition coefficient (Wildman–Crippen LogP) is 7.73. The lowest BCUT2D eigenvalue weighted by atomic mass is 9.49.